The molecule has 2 fully saturated rings. The van der Waals surface area contributed by atoms with Crippen LogP contribution in [0.3, 0.4) is 0 Å². The molecule has 20 heavy (non-hydrogen) atoms. The number of hydrogen-bond donors (Lipinski definition) is 2. The van der Waals surface area contributed by atoms with E-state index >= 15 is 0 Å². The minimum atomic E-state index is -0.398. The van der Waals surface area contributed by atoms with Crippen molar-refractivity contribution in [2.75, 3.05) is 25.1 Å². The van der Waals surface area contributed by atoms with E-state index in [1.54, 1.807) is 12.1 Å². The van der Waals surface area contributed by atoms with Gasteiger partial charge in [0.2, 0.25) is 5.91 Å². The van der Waals surface area contributed by atoms with Crippen LogP contribution in [-0.4, -0.2) is 37.4 Å². The molecule has 2 aliphatic rings. The summed E-state index contributed by atoms with van der Waals surface area (Å²) in [6.45, 7) is 2.26. The molecule has 1 spiro atoms. The molecule has 0 aromatic heterocycles. The number of ether oxygens (including phenoxy) is 2. The standard InChI is InChI=1S/C15H20N2O3/c16-14(18)11-1-3-12(4-2-11)17-13-5-7-20-15(9-13)6-8-19-10-15/h1-4,13,17H,5-10H2,(H2,16,18). The van der Waals surface area contributed by atoms with Gasteiger partial charge in [0.1, 0.15) is 0 Å². The number of nitrogens with one attached hydrogen (secondary N) is 1. The lowest BCUT2D eigenvalue weighted by atomic mass is 9.89. The van der Waals surface area contributed by atoms with Gasteiger partial charge in [-0.3, -0.25) is 4.79 Å². The van der Waals surface area contributed by atoms with Crippen molar-refractivity contribution < 1.29 is 14.3 Å². The summed E-state index contributed by atoms with van der Waals surface area (Å²) >= 11 is 0. The van der Waals surface area contributed by atoms with Crippen molar-refractivity contribution >= 4 is 11.6 Å². The average molecular weight is 276 g/mol. The molecule has 2 aliphatic heterocycles. The van der Waals surface area contributed by atoms with Crippen LogP contribution in [0.5, 0.6) is 0 Å². The third-order valence-electron chi connectivity index (χ3n) is 4.10. The van der Waals surface area contributed by atoms with Gasteiger partial charge < -0.3 is 20.5 Å². The highest BCUT2D eigenvalue weighted by Crippen LogP contribution is 2.33. The number of hydrogen-bond acceptors (Lipinski definition) is 4. The van der Waals surface area contributed by atoms with Crippen molar-refractivity contribution in [3.05, 3.63) is 29.8 Å². The molecule has 108 valence electrons. The zero-order valence-corrected chi connectivity index (χ0v) is 11.4. The summed E-state index contributed by atoms with van der Waals surface area (Å²) in [6.07, 6.45) is 2.93. The van der Waals surface area contributed by atoms with E-state index in [2.05, 4.69) is 5.32 Å². The summed E-state index contributed by atoms with van der Waals surface area (Å²) in [5.74, 6) is -0.398. The van der Waals surface area contributed by atoms with Crippen LogP contribution in [-0.2, 0) is 9.47 Å². The number of carbonyl (C=O) groups is 1. The zero-order chi connectivity index (χ0) is 14.0. The normalized spacial score (nSPS) is 29.5. The summed E-state index contributed by atoms with van der Waals surface area (Å²) < 4.78 is 11.4. The highest BCUT2D eigenvalue weighted by atomic mass is 16.6. The van der Waals surface area contributed by atoms with E-state index in [0.717, 1.165) is 38.2 Å². The molecule has 3 N–H and O–H groups in total. The minimum Gasteiger partial charge on any atom is -0.382 e. The molecule has 0 aliphatic carbocycles. The molecule has 2 atom stereocenters. The Bertz CT molecular complexity index is 480. The van der Waals surface area contributed by atoms with Gasteiger partial charge in [0.25, 0.3) is 0 Å². The number of nitrogens with two attached hydrogens (primary N) is 1. The summed E-state index contributed by atoms with van der Waals surface area (Å²) in [5, 5.41) is 3.51. The first-order valence-electron chi connectivity index (χ1n) is 7.05. The van der Waals surface area contributed by atoms with E-state index < -0.39 is 5.91 Å². The molecular weight excluding hydrogens is 256 g/mol. The van der Waals surface area contributed by atoms with Crippen molar-refractivity contribution in [1.29, 1.82) is 0 Å². The fraction of sp³-hybridized carbons (Fsp3) is 0.533. The summed E-state index contributed by atoms with van der Waals surface area (Å²) in [4.78, 5) is 11.0. The molecule has 5 nitrogen and oxygen atoms in total. The van der Waals surface area contributed by atoms with Crippen LogP contribution in [0.1, 0.15) is 29.6 Å². The number of primary amides is 1. The Hall–Kier alpha value is -1.59. The maximum absolute atomic E-state index is 11.0. The van der Waals surface area contributed by atoms with Crippen molar-refractivity contribution in [3.8, 4) is 0 Å². The third-order valence-corrected chi connectivity index (χ3v) is 4.10. The van der Waals surface area contributed by atoms with E-state index in [4.69, 9.17) is 15.2 Å². The largest absolute Gasteiger partial charge is 0.382 e. The Morgan fingerprint density at radius 2 is 2.10 bits per heavy atom. The van der Waals surface area contributed by atoms with E-state index in [9.17, 15) is 4.79 Å². The van der Waals surface area contributed by atoms with Crippen LogP contribution in [0.2, 0.25) is 0 Å². The molecule has 1 amide bonds. The van der Waals surface area contributed by atoms with Crippen LogP contribution < -0.4 is 11.1 Å². The number of amides is 1. The number of rotatable bonds is 3. The van der Waals surface area contributed by atoms with Crippen molar-refractivity contribution in [1.82, 2.24) is 0 Å². The Morgan fingerprint density at radius 1 is 1.30 bits per heavy atom. The number of benzene rings is 1. The molecule has 2 unspecified atom stereocenters. The topological polar surface area (TPSA) is 73.6 Å². The number of carbonyl (C=O) groups excluding carboxylic acids is 1. The van der Waals surface area contributed by atoms with Gasteiger partial charge >= 0.3 is 0 Å². The van der Waals surface area contributed by atoms with Gasteiger partial charge in [0.05, 0.1) is 12.2 Å². The summed E-state index contributed by atoms with van der Waals surface area (Å²) in [5.41, 5.74) is 6.68. The van der Waals surface area contributed by atoms with Gasteiger partial charge in [0, 0.05) is 36.9 Å². The van der Waals surface area contributed by atoms with E-state index in [1.165, 1.54) is 0 Å². The Kier molecular flexibility index (Phi) is 3.63. The fourth-order valence-corrected chi connectivity index (χ4v) is 2.98. The summed E-state index contributed by atoms with van der Waals surface area (Å²) in [7, 11) is 0. The predicted molar refractivity (Wildman–Crippen MR) is 75.7 cm³/mol. The Morgan fingerprint density at radius 3 is 2.75 bits per heavy atom. The first kappa shape index (κ1) is 13.4. The molecule has 0 bridgehead atoms. The highest BCUT2D eigenvalue weighted by Gasteiger charge is 2.40. The third kappa shape index (κ3) is 2.78. The maximum Gasteiger partial charge on any atom is 0.248 e. The van der Waals surface area contributed by atoms with Gasteiger partial charge in [0.15, 0.2) is 0 Å². The van der Waals surface area contributed by atoms with Crippen molar-refractivity contribution in [2.45, 2.75) is 30.9 Å². The molecule has 0 saturated carbocycles. The van der Waals surface area contributed by atoms with Crippen LogP contribution >= 0.6 is 0 Å². The minimum absolute atomic E-state index is 0.0942. The number of anilines is 1. The molecule has 0 radical (unpaired) electrons. The second-order valence-corrected chi connectivity index (χ2v) is 5.61. The molecule has 5 heteroatoms. The van der Waals surface area contributed by atoms with Gasteiger partial charge in [-0.1, -0.05) is 0 Å². The average Bonchev–Trinajstić information content (AvgIpc) is 2.87. The van der Waals surface area contributed by atoms with Crippen LogP contribution in [0.25, 0.3) is 0 Å². The highest BCUT2D eigenvalue weighted by molar-refractivity contribution is 5.93. The lowest BCUT2D eigenvalue weighted by molar-refractivity contribution is -0.0828. The smallest absolute Gasteiger partial charge is 0.248 e. The predicted octanol–water partition coefficient (Wildman–Crippen LogP) is 1.54. The van der Waals surface area contributed by atoms with E-state index in [1.807, 2.05) is 12.1 Å². The van der Waals surface area contributed by atoms with Crippen molar-refractivity contribution in [3.63, 3.8) is 0 Å². The SMILES string of the molecule is NC(=O)c1ccc(NC2CCOC3(CCOC3)C2)cc1. The van der Waals surface area contributed by atoms with E-state index in [0.29, 0.717) is 18.2 Å². The van der Waals surface area contributed by atoms with E-state index in [-0.39, 0.29) is 5.60 Å². The quantitative estimate of drug-likeness (QED) is 0.878. The maximum atomic E-state index is 11.0. The molecule has 2 saturated heterocycles. The Labute approximate surface area is 118 Å². The molecule has 2 heterocycles. The second-order valence-electron chi connectivity index (χ2n) is 5.61. The first-order chi connectivity index (χ1) is 9.67. The molecule has 3 rings (SSSR count). The van der Waals surface area contributed by atoms with Crippen LogP contribution in [0.4, 0.5) is 5.69 Å². The zero-order valence-electron chi connectivity index (χ0n) is 11.4. The Balaban J connectivity index is 1.63. The second kappa shape index (κ2) is 5.42. The lowest BCUT2D eigenvalue weighted by Crippen LogP contribution is -2.44. The van der Waals surface area contributed by atoms with Crippen LogP contribution in [0.15, 0.2) is 24.3 Å². The fourth-order valence-electron chi connectivity index (χ4n) is 2.98. The molecule has 1 aromatic rings. The van der Waals surface area contributed by atoms with Crippen molar-refractivity contribution in [2.24, 2.45) is 5.73 Å². The van der Waals surface area contributed by atoms with Gasteiger partial charge in [-0.25, -0.2) is 0 Å². The molecule has 1 aromatic carbocycles. The summed E-state index contributed by atoms with van der Waals surface area (Å²) in [6, 6.07) is 7.67. The lowest BCUT2D eigenvalue weighted by Gasteiger charge is -2.37. The van der Waals surface area contributed by atoms with Gasteiger partial charge in [-0.2, -0.15) is 0 Å². The van der Waals surface area contributed by atoms with Gasteiger partial charge in [-0.15, -0.1) is 0 Å². The van der Waals surface area contributed by atoms with Gasteiger partial charge in [-0.05, 0) is 37.1 Å². The molecular formula is C15H20N2O3. The monoisotopic (exact) mass is 276 g/mol. The first-order valence-corrected chi connectivity index (χ1v) is 7.05. The van der Waals surface area contributed by atoms with Crippen LogP contribution in [0, 0.1) is 0 Å².